The second-order valence-electron chi connectivity index (χ2n) is 4.25. The number of carboxylic acids is 1. The topological polar surface area (TPSA) is 40.5 Å². The maximum absolute atomic E-state index is 10.6. The molecule has 0 unspecified atom stereocenters. The molecule has 1 aliphatic rings. The third kappa shape index (κ3) is 2.31. The number of nitrogens with zero attached hydrogens (tertiary/aromatic N) is 1. The first-order valence-corrected chi connectivity index (χ1v) is 4.59. The van der Waals surface area contributed by atoms with Crippen LogP contribution in [0, 0.1) is 0 Å². The highest BCUT2D eigenvalue weighted by Crippen LogP contribution is 2.28. The fourth-order valence-corrected chi connectivity index (χ4v) is 1.75. The van der Waals surface area contributed by atoms with Crippen LogP contribution in [0.4, 0.5) is 0 Å². The Kier molecular flexibility index (Phi) is 2.76. The van der Waals surface area contributed by atoms with E-state index in [4.69, 9.17) is 5.11 Å². The molecule has 1 heterocycles. The Morgan fingerprint density at radius 1 is 1.62 bits per heavy atom. The number of likely N-dealkylation sites (tertiary alicyclic amines) is 1. The Morgan fingerprint density at radius 3 is 2.62 bits per heavy atom. The molecule has 74 valence electrons. The summed E-state index contributed by atoms with van der Waals surface area (Å²) in [6.45, 7) is 9.31. The molecule has 1 fully saturated rings. The van der Waals surface area contributed by atoms with Crippen molar-refractivity contribution in [1.82, 2.24) is 4.90 Å². The summed E-state index contributed by atoms with van der Waals surface area (Å²) in [5.41, 5.74) is 0.424. The molecule has 0 aromatic carbocycles. The highest BCUT2D eigenvalue weighted by Gasteiger charge is 2.32. The summed E-state index contributed by atoms with van der Waals surface area (Å²) < 4.78 is 0. The van der Waals surface area contributed by atoms with Gasteiger partial charge in [0.1, 0.15) is 0 Å². The minimum atomic E-state index is -0.886. The highest BCUT2D eigenvalue weighted by molar-refractivity contribution is 5.86. The molecular formula is C10H17NO2. The lowest BCUT2D eigenvalue weighted by Crippen LogP contribution is -2.40. The van der Waals surface area contributed by atoms with Crippen molar-refractivity contribution in [2.24, 2.45) is 0 Å². The predicted octanol–water partition coefficient (Wildman–Crippen LogP) is 1.50. The van der Waals surface area contributed by atoms with E-state index in [0.29, 0.717) is 6.54 Å². The van der Waals surface area contributed by atoms with Crippen molar-refractivity contribution in [3.8, 4) is 0 Å². The average Bonchev–Trinajstić information content (AvgIpc) is 2.30. The third-order valence-corrected chi connectivity index (χ3v) is 2.76. The summed E-state index contributed by atoms with van der Waals surface area (Å²) in [7, 11) is 0. The summed E-state index contributed by atoms with van der Waals surface area (Å²) in [6.07, 6.45) is 2.29. The van der Waals surface area contributed by atoms with E-state index in [-0.39, 0.29) is 11.1 Å². The van der Waals surface area contributed by atoms with Crippen LogP contribution in [0.25, 0.3) is 0 Å². The van der Waals surface area contributed by atoms with E-state index in [0.717, 1.165) is 19.4 Å². The van der Waals surface area contributed by atoms with Crippen LogP contribution in [0.5, 0.6) is 0 Å². The fraction of sp³-hybridized carbons (Fsp3) is 0.700. The molecule has 0 radical (unpaired) electrons. The molecule has 13 heavy (non-hydrogen) atoms. The lowest BCUT2D eigenvalue weighted by Gasteiger charge is -2.31. The largest absolute Gasteiger partial charge is 0.478 e. The molecule has 0 spiro atoms. The molecule has 0 bridgehead atoms. The van der Waals surface area contributed by atoms with E-state index in [1.165, 1.54) is 0 Å². The van der Waals surface area contributed by atoms with E-state index < -0.39 is 5.97 Å². The summed E-state index contributed by atoms with van der Waals surface area (Å²) in [5, 5.41) is 8.69. The van der Waals surface area contributed by atoms with Gasteiger partial charge in [0.25, 0.3) is 0 Å². The van der Waals surface area contributed by atoms with Crippen LogP contribution in [-0.4, -0.2) is 34.6 Å². The Labute approximate surface area is 79.0 Å². The van der Waals surface area contributed by atoms with Crippen molar-refractivity contribution in [1.29, 1.82) is 0 Å². The Morgan fingerprint density at radius 2 is 2.23 bits per heavy atom. The number of carbonyl (C=O) groups is 1. The van der Waals surface area contributed by atoms with Gasteiger partial charge < -0.3 is 5.11 Å². The molecule has 1 rings (SSSR count). The Bertz CT molecular complexity index is 233. The van der Waals surface area contributed by atoms with Crippen molar-refractivity contribution < 1.29 is 9.90 Å². The Hall–Kier alpha value is -0.830. The summed E-state index contributed by atoms with van der Waals surface area (Å²) >= 11 is 0. The summed E-state index contributed by atoms with van der Waals surface area (Å²) in [6, 6.07) is 0. The molecule has 0 aliphatic carbocycles. The number of rotatable bonds is 3. The zero-order valence-corrected chi connectivity index (χ0v) is 8.34. The van der Waals surface area contributed by atoms with Crippen LogP contribution in [0.1, 0.15) is 26.7 Å². The van der Waals surface area contributed by atoms with Crippen molar-refractivity contribution in [2.75, 3.05) is 13.1 Å². The second-order valence-corrected chi connectivity index (χ2v) is 4.25. The minimum absolute atomic E-state index is 0.137. The molecular weight excluding hydrogens is 166 g/mol. The number of aliphatic carboxylic acids is 1. The average molecular weight is 183 g/mol. The van der Waals surface area contributed by atoms with Gasteiger partial charge in [-0.1, -0.05) is 6.58 Å². The molecule has 3 heteroatoms. The lowest BCUT2D eigenvalue weighted by molar-refractivity contribution is -0.133. The van der Waals surface area contributed by atoms with Gasteiger partial charge in [0.05, 0.1) is 0 Å². The smallest absolute Gasteiger partial charge is 0.332 e. The normalized spacial score (nSPS) is 21.7. The minimum Gasteiger partial charge on any atom is -0.478 e. The van der Waals surface area contributed by atoms with Crippen molar-refractivity contribution in [2.45, 2.75) is 32.2 Å². The first-order valence-electron chi connectivity index (χ1n) is 4.59. The molecule has 0 amide bonds. The van der Waals surface area contributed by atoms with Crippen LogP contribution in [-0.2, 0) is 4.79 Å². The molecule has 1 aliphatic heterocycles. The van der Waals surface area contributed by atoms with Gasteiger partial charge in [-0.3, -0.25) is 4.90 Å². The van der Waals surface area contributed by atoms with Gasteiger partial charge in [0.2, 0.25) is 0 Å². The zero-order chi connectivity index (χ0) is 10.1. The van der Waals surface area contributed by atoms with Crippen LogP contribution >= 0.6 is 0 Å². The van der Waals surface area contributed by atoms with E-state index in [1.807, 2.05) is 0 Å². The predicted molar refractivity (Wildman–Crippen MR) is 51.7 cm³/mol. The monoisotopic (exact) mass is 183 g/mol. The number of hydrogen-bond donors (Lipinski definition) is 1. The number of carboxylic acid groups (broad SMARTS) is 1. The molecule has 3 nitrogen and oxygen atoms in total. The first-order chi connectivity index (χ1) is 5.93. The lowest BCUT2D eigenvalue weighted by atomic mass is 10.0. The maximum Gasteiger partial charge on any atom is 0.332 e. The standard InChI is InChI=1S/C10H17NO2/c1-8(9(12)13)7-11-6-4-5-10(11,2)3/h1,4-7H2,2-3H3,(H,12,13). The van der Waals surface area contributed by atoms with E-state index in [9.17, 15) is 4.79 Å². The van der Waals surface area contributed by atoms with Gasteiger partial charge in [0, 0.05) is 17.7 Å². The van der Waals surface area contributed by atoms with Crippen molar-refractivity contribution in [3.63, 3.8) is 0 Å². The number of hydrogen-bond acceptors (Lipinski definition) is 2. The first kappa shape index (κ1) is 10.3. The fourth-order valence-electron chi connectivity index (χ4n) is 1.75. The van der Waals surface area contributed by atoms with E-state index in [2.05, 4.69) is 25.3 Å². The second kappa shape index (κ2) is 3.50. The molecule has 1 N–H and O–H groups in total. The van der Waals surface area contributed by atoms with Gasteiger partial charge in [-0.15, -0.1) is 0 Å². The molecule has 0 atom stereocenters. The Balaban J connectivity index is 2.54. The van der Waals surface area contributed by atoms with Gasteiger partial charge in [-0.05, 0) is 33.2 Å². The van der Waals surface area contributed by atoms with Crippen molar-refractivity contribution >= 4 is 5.97 Å². The van der Waals surface area contributed by atoms with Crippen LogP contribution in [0.3, 0.4) is 0 Å². The summed E-state index contributed by atoms with van der Waals surface area (Å²) in [4.78, 5) is 12.8. The molecule has 1 saturated heterocycles. The van der Waals surface area contributed by atoms with E-state index in [1.54, 1.807) is 0 Å². The van der Waals surface area contributed by atoms with Gasteiger partial charge in [-0.25, -0.2) is 4.79 Å². The van der Waals surface area contributed by atoms with Gasteiger partial charge in [-0.2, -0.15) is 0 Å². The van der Waals surface area contributed by atoms with Crippen molar-refractivity contribution in [3.05, 3.63) is 12.2 Å². The zero-order valence-electron chi connectivity index (χ0n) is 8.34. The molecule has 0 saturated carbocycles. The maximum atomic E-state index is 10.6. The quantitative estimate of drug-likeness (QED) is 0.674. The highest BCUT2D eigenvalue weighted by atomic mass is 16.4. The van der Waals surface area contributed by atoms with Gasteiger partial charge >= 0.3 is 5.97 Å². The SMILES string of the molecule is C=C(CN1CCCC1(C)C)C(=O)O. The van der Waals surface area contributed by atoms with Gasteiger partial charge in [0.15, 0.2) is 0 Å². The summed E-state index contributed by atoms with van der Waals surface area (Å²) in [5.74, 6) is -0.886. The van der Waals surface area contributed by atoms with E-state index >= 15 is 0 Å². The van der Waals surface area contributed by atoms with Crippen LogP contribution in [0.15, 0.2) is 12.2 Å². The third-order valence-electron chi connectivity index (χ3n) is 2.76. The van der Waals surface area contributed by atoms with Crippen LogP contribution < -0.4 is 0 Å². The van der Waals surface area contributed by atoms with Crippen LogP contribution in [0.2, 0.25) is 0 Å². The molecule has 0 aromatic rings. The molecule has 0 aromatic heterocycles.